The summed E-state index contributed by atoms with van der Waals surface area (Å²) < 4.78 is 11.8. The lowest BCUT2D eigenvalue weighted by atomic mass is 10.0. The SMILES string of the molecule is CCOC1C2CCC1N(C(=O)c1ccc3ccccc3c1)CCO2. The summed E-state index contributed by atoms with van der Waals surface area (Å²) in [5.74, 6) is 0.0848. The third-order valence-electron chi connectivity index (χ3n) is 5.17. The van der Waals surface area contributed by atoms with Crippen LogP contribution in [-0.2, 0) is 9.47 Å². The molecule has 1 aliphatic heterocycles. The van der Waals surface area contributed by atoms with Crippen molar-refractivity contribution in [3.8, 4) is 0 Å². The van der Waals surface area contributed by atoms with Gasteiger partial charge >= 0.3 is 0 Å². The molecule has 0 radical (unpaired) electrons. The lowest BCUT2D eigenvalue weighted by molar-refractivity contribution is -0.0484. The number of hydrogen-bond donors (Lipinski definition) is 0. The Morgan fingerprint density at radius 1 is 1.21 bits per heavy atom. The van der Waals surface area contributed by atoms with Gasteiger partial charge in [0.05, 0.1) is 18.8 Å². The molecule has 126 valence electrons. The molecule has 1 saturated heterocycles. The first-order valence-electron chi connectivity index (χ1n) is 8.81. The summed E-state index contributed by atoms with van der Waals surface area (Å²) >= 11 is 0. The van der Waals surface area contributed by atoms with E-state index in [2.05, 4.69) is 6.07 Å². The van der Waals surface area contributed by atoms with Crippen molar-refractivity contribution >= 4 is 16.7 Å². The van der Waals surface area contributed by atoms with Crippen LogP contribution in [0, 0.1) is 0 Å². The summed E-state index contributed by atoms with van der Waals surface area (Å²) in [5, 5.41) is 2.25. The van der Waals surface area contributed by atoms with Crippen LogP contribution in [0.4, 0.5) is 0 Å². The van der Waals surface area contributed by atoms with Gasteiger partial charge in [-0.1, -0.05) is 30.3 Å². The maximum atomic E-state index is 13.1. The quantitative estimate of drug-likeness (QED) is 0.869. The zero-order chi connectivity index (χ0) is 16.5. The van der Waals surface area contributed by atoms with Crippen LogP contribution in [0.25, 0.3) is 10.8 Å². The minimum Gasteiger partial charge on any atom is -0.374 e. The normalized spacial score (nSPS) is 26.5. The van der Waals surface area contributed by atoms with Crippen molar-refractivity contribution in [1.29, 1.82) is 0 Å². The predicted octanol–water partition coefficient (Wildman–Crippen LogP) is 3.25. The highest BCUT2D eigenvalue weighted by Gasteiger charge is 2.44. The summed E-state index contributed by atoms with van der Waals surface area (Å²) in [6, 6.07) is 14.2. The van der Waals surface area contributed by atoms with Gasteiger partial charge in [0.2, 0.25) is 0 Å². The first-order chi connectivity index (χ1) is 11.8. The molecule has 2 bridgehead atoms. The molecular weight excluding hydrogens is 302 g/mol. The van der Waals surface area contributed by atoms with E-state index in [1.165, 1.54) is 0 Å². The van der Waals surface area contributed by atoms with Gasteiger partial charge in [0.15, 0.2) is 0 Å². The molecule has 2 fully saturated rings. The molecule has 24 heavy (non-hydrogen) atoms. The maximum Gasteiger partial charge on any atom is 0.254 e. The van der Waals surface area contributed by atoms with Crippen LogP contribution in [0.5, 0.6) is 0 Å². The first-order valence-corrected chi connectivity index (χ1v) is 8.81. The Balaban J connectivity index is 1.64. The van der Waals surface area contributed by atoms with E-state index in [4.69, 9.17) is 9.47 Å². The highest BCUT2D eigenvalue weighted by Crippen LogP contribution is 2.33. The summed E-state index contributed by atoms with van der Waals surface area (Å²) in [6.45, 7) is 3.87. The number of amides is 1. The molecule has 0 N–H and O–H groups in total. The van der Waals surface area contributed by atoms with Gasteiger partial charge in [-0.3, -0.25) is 4.79 Å². The summed E-state index contributed by atoms with van der Waals surface area (Å²) in [5.41, 5.74) is 0.745. The van der Waals surface area contributed by atoms with Crippen LogP contribution in [0.3, 0.4) is 0 Å². The van der Waals surface area contributed by atoms with Crippen LogP contribution in [0.1, 0.15) is 30.1 Å². The van der Waals surface area contributed by atoms with E-state index in [-0.39, 0.29) is 24.2 Å². The standard InChI is InChI=1S/C20H23NO3/c1-2-23-19-17-9-10-18(19)24-12-11-21(17)20(22)16-8-7-14-5-3-4-6-15(14)13-16/h3-8,13,17-19H,2,9-12H2,1H3. The van der Waals surface area contributed by atoms with E-state index < -0.39 is 0 Å². The van der Waals surface area contributed by atoms with E-state index in [1.807, 2.05) is 48.2 Å². The van der Waals surface area contributed by atoms with E-state index >= 15 is 0 Å². The number of ether oxygens (including phenoxy) is 2. The summed E-state index contributed by atoms with van der Waals surface area (Å²) in [4.78, 5) is 15.1. The van der Waals surface area contributed by atoms with Crippen LogP contribution in [-0.4, -0.2) is 48.8 Å². The van der Waals surface area contributed by atoms with Gasteiger partial charge in [0.1, 0.15) is 6.10 Å². The van der Waals surface area contributed by atoms with Gasteiger partial charge in [-0.05, 0) is 42.7 Å². The molecular formula is C20H23NO3. The molecule has 4 rings (SSSR count). The van der Waals surface area contributed by atoms with Crippen molar-refractivity contribution in [3.63, 3.8) is 0 Å². The molecule has 3 atom stereocenters. The number of rotatable bonds is 3. The van der Waals surface area contributed by atoms with Crippen molar-refractivity contribution in [2.75, 3.05) is 19.8 Å². The minimum absolute atomic E-state index is 0.00177. The molecule has 1 saturated carbocycles. The maximum absolute atomic E-state index is 13.1. The van der Waals surface area contributed by atoms with E-state index in [0.29, 0.717) is 19.8 Å². The fourth-order valence-electron chi connectivity index (χ4n) is 4.04. The average molecular weight is 325 g/mol. The van der Waals surface area contributed by atoms with Gasteiger partial charge in [-0.25, -0.2) is 0 Å². The third-order valence-corrected chi connectivity index (χ3v) is 5.17. The van der Waals surface area contributed by atoms with Crippen LogP contribution in [0.2, 0.25) is 0 Å². The van der Waals surface area contributed by atoms with Crippen LogP contribution in [0.15, 0.2) is 42.5 Å². The molecule has 2 aromatic carbocycles. The van der Waals surface area contributed by atoms with Gasteiger partial charge < -0.3 is 14.4 Å². The number of benzene rings is 2. The van der Waals surface area contributed by atoms with Crippen molar-refractivity contribution < 1.29 is 14.3 Å². The topological polar surface area (TPSA) is 38.8 Å². The fourth-order valence-corrected chi connectivity index (χ4v) is 4.04. The first kappa shape index (κ1) is 15.6. The molecule has 1 heterocycles. The molecule has 1 aliphatic carbocycles. The summed E-state index contributed by atoms with van der Waals surface area (Å²) in [6.07, 6.45) is 2.05. The van der Waals surface area contributed by atoms with Crippen molar-refractivity contribution in [2.24, 2.45) is 0 Å². The predicted molar refractivity (Wildman–Crippen MR) is 93.2 cm³/mol. The second-order valence-corrected chi connectivity index (χ2v) is 6.53. The molecule has 0 spiro atoms. The Morgan fingerprint density at radius 2 is 2.04 bits per heavy atom. The number of fused-ring (bicyclic) bond motifs is 3. The fraction of sp³-hybridized carbons (Fsp3) is 0.450. The Bertz CT molecular complexity index is 744. The lowest BCUT2D eigenvalue weighted by Gasteiger charge is -2.31. The monoisotopic (exact) mass is 325 g/mol. The Kier molecular flexibility index (Phi) is 4.25. The van der Waals surface area contributed by atoms with Gasteiger partial charge in [-0.2, -0.15) is 0 Å². The van der Waals surface area contributed by atoms with Crippen molar-refractivity contribution in [3.05, 3.63) is 48.0 Å². The van der Waals surface area contributed by atoms with Gasteiger partial charge in [0.25, 0.3) is 5.91 Å². The number of hydrogen-bond acceptors (Lipinski definition) is 3. The van der Waals surface area contributed by atoms with Crippen molar-refractivity contribution in [1.82, 2.24) is 4.90 Å². The largest absolute Gasteiger partial charge is 0.374 e. The summed E-state index contributed by atoms with van der Waals surface area (Å²) in [7, 11) is 0. The van der Waals surface area contributed by atoms with E-state index in [9.17, 15) is 4.79 Å². The molecule has 4 heteroatoms. The van der Waals surface area contributed by atoms with Gasteiger partial charge in [0, 0.05) is 18.7 Å². The number of carbonyl (C=O) groups is 1. The molecule has 2 aromatic rings. The zero-order valence-corrected chi connectivity index (χ0v) is 14.0. The highest BCUT2D eigenvalue weighted by molar-refractivity contribution is 5.98. The molecule has 3 unspecified atom stereocenters. The van der Waals surface area contributed by atoms with Gasteiger partial charge in [-0.15, -0.1) is 0 Å². The molecule has 4 nitrogen and oxygen atoms in total. The second kappa shape index (κ2) is 6.54. The smallest absolute Gasteiger partial charge is 0.254 e. The zero-order valence-electron chi connectivity index (χ0n) is 14.0. The lowest BCUT2D eigenvalue weighted by Crippen LogP contribution is -2.46. The van der Waals surface area contributed by atoms with E-state index in [1.54, 1.807) is 0 Å². The Hall–Kier alpha value is -1.91. The minimum atomic E-state index is 0.00177. The molecule has 1 amide bonds. The van der Waals surface area contributed by atoms with E-state index in [0.717, 1.165) is 29.2 Å². The van der Waals surface area contributed by atoms with Crippen molar-refractivity contribution in [2.45, 2.75) is 38.0 Å². The number of carbonyl (C=O) groups excluding carboxylic acids is 1. The molecule has 2 aliphatic rings. The average Bonchev–Trinajstić information content (AvgIpc) is 2.90. The van der Waals surface area contributed by atoms with Crippen LogP contribution < -0.4 is 0 Å². The Morgan fingerprint density at radius 3 is 2.88 bits per heavy atom. The highest BCUT2D eigenvalue weighted by atomic mass is 16.5. The Labute approximate surface area is 142 Å². The molecule has 0 aromatic heterocycles. The van der Waals surface area contributed by atoms with Crippen LogP contribution >= 0.6 is 0 Å². The second-order valence-electron chi connectivity index (χ2n) is 6.53. The third kappa shape index (κ3) is 2.70. The number of nitrogens with zero attached hydrogens (tertiary/aromatic N) is 1.